The number of carbonyl (C=O) groups is 1. The van der Waals surface area contributed by atoms with Crippen LogP contribution < -0.4 is 5.32 Å². The molecule has 0 radical (unpaired) electrons. The number of fused-ring (bicyclic) bond motifs is 1. The van der Waals surface area contributed by atoms with Gasteiger partial charge in [0, 0.05) is 12.2 Å². The van der Waals surface area contributed by atoms with E-state index in [9.17, 15) is 13.2 Å². The molecule has 130 valence electrons. The van der Waals surface area contributed by atoms with Crippen LogP contribution in [0, 0.1) is 13.8 Å². The van der Waals surface area contributed by atoms with Gasteiger partial charge in [-0.2, -0.15) is 0 Å². The number of aromatic nitrogens is 2. The van der Waals surface area contributed by atoms with Crippen molar-refractivity contribution in [3.8, 4) is 0 Å². The minimum absolute atomic E-state index is 0.00323. The van der Waals surface area contributed by atoms with Crippen molar-refractivity contribution in [2.75, 3.05) is 12.3 Å². The molecule has 0 bridgehead atoms. The number of amides is 1. The molecule has 2 heterocycles. The highest BCUT2D eigenvalue weighted by atomic mass is 32.2. The third-order valence-electron chi connectivity index (χ3n) is 3.75. The summed E-state index contributed by atoms with van der Waals surface area (Å²) in [6.45, 7) is 3.47. The predicted octanol–water partition coefficient (Wildman–Crippen LogP) is 2.04. The molecule has 8 heteroatoms. The topological polar surface area (TPSA) is 102 Å². The Kier molecular flexibility index (Phi) is 4.54. The van der Waals surface area contributed by atoms with Gasteiger partial charge in [0.05, 0.1) is 27.3 Å². The second-order valence-corrected chi connectivity index (χ2v) is 7.76. The Morgan fingerprint density at radius 1 is 1.20 bits per heavy atom. The van der Waals surface area contributed by atoms with Crippen LogP contribution in [-0.4, -0.2) is 36.8 Å². The van der Waals surface area contributed by atoms with Crippen LogP contribution >= 0.6 is 0 Å². The first-order valence-electron chi connectivity index (χ1n) is 7.68. The second-order valence-electron chi connectivity index (χ2n) is 5.65. The molecular formula is C17H17N3O4S. The summed E-state index contributed by atoms with van der Waals surface area (Å²) in [5.41, 5.74) is 1.84. The van der Waals surface area contributed by atoms with Gasteiger partial charge >= 0.3 is 0 Å². The smallest absolute Gasteiger partial charge is 0.258 e. The van der Waals surface area contributed by atoms with Crippen LogP contribution in [0.1, 0.15) is 21.7 Å². The first-order valence-corrected chi connectivity index (χ1v) is 9.33. The van der Waals surface area contributed by atoms with Crippen LogP contribution in [0.5, 0.6) is 0 Å². The molecule has 0 aliphatic carbocycles. The number of rotatable bonds is 5. The van der Waals surface area contributed by atoms with Gasteiger partial charge in [-0.25, -0.2) is 13.4 Å². The lowest BCUT2D eigenvalue weighted by Crippen LogP contribution is -2.29. The number of pyridine rings is 1. The molecule has 0 atom stereocenters. The Hall–Kier alpha value is -2.74. The molecule has 0 aliphatic heterocycles. The average molecular weight is 359 g/mol. The molecular weight excluding hydrogens is 342 g/mol. The average Bonchev–Trinajstić information content (AvgIpc) is 2.95. The number of sulfone groups is 1. The minimum Gasteiger partial charge on any atom is -0.351 e. The van der Waals surface area contributed by atoms with Crippen LogP contribution in [0.25, 0.3) is 11.1 Å². The molecule has 1 aromatic carbocycles. The summed E-state index contributed by atoms with van der Waals surface area (Å²) in [5, 5.41) is 7.01. The van der Waals surface area contributed by atoms with Crippen molar-refractivity contribution in [1.29, 1.82) is 0 Å². The van der Waals surface area contributed by atoms with Gasteiger partial charge in [0.25, 0.3) is 11.6 Å². The highest BCUT2D eigenvalue weighted by molar-refractivity contribution is 7.91. The summed E-state index contributed by atoms with van der Waals surface area (Å²) in [6, 6.07) is 9.78. The van der Waals surface area contributed by atoms with Gasteiger partial charge in [-0.1, -0.05) is 23.4 Å². The fourth-order valence-electron chi connectivity index (χ4n) is 2.54. The molecule has 7 nitrogen and oxygen atoms in total. The van der Waals surface area contributed by atoms with Gasteiger partial charge in [0.15, 0.2) is 9.84 Å². The van der Waals surface area contributed by atoms with E-state index in [1.165, 1.54) is 12.1 Å². The third kappa shape index (κ3) is 3.53. The molecule has 1 amide bonds. The highest BCUT2D eigenvalue weighted by Crippen LogP contribution is 2.21. The number of carbonyl (C=O) groups excluding carboxylic acids is 1. The van der Waals surface area contributed by atoms with E-state index in [2.05, 4.69) is 15.5 Å². The summed E-state index contributed by atoms with van der Waals surface area (Å²) in [4.78, 5) is 16.9. The molecule has 3 rings (SSSR count). The van der Waals surface area contributed by atoms with Crippen molar-refractivity contribution in [3.63, 3.8) is 0 Å². The van der Waals surface area contributed by atoms with Crippen molar-refractivity contribution < 1.29 is 17.7 Å². The van der Waals surface area contributed by atoms with Crippen LogP contribution in [0.15, 0.2) is 45.8 Å². The van der Waals surface area contributed by atoms with Crippen LogP contribution in [0.3, 0.4) is 0 Å². The van der Waals surface area contributed by atoms with Gasteiger partial charge in [-0.05, 0) is 32.0 Å². The van der Waals surface area contributed by atoms with Crippen LogP contribution in [0.4, 0.5) is 0 Å². The van der Waals surface area contributed by atoms with Gasteiger partial charge in [0.1, 0.15) is 0 Å². The largest absolute Gasteiger partial charge is 0.351 e. The summed E-state index contributed by atoms with van der Waals surface area (Å²) >= 11 is 0. The zero-order chi connectivity index (χ0) is 18.0. The zero-order valence-corrected chi connectivity index (χ0v) is 14.6. The number of nitrogens with zero attached hydrogens (tertiary/aromatic N) is 2. The third-order valence-corrected chi connectivity index (χ3v) is 5.48. The number of nitrogens with one attached hydrogen (secondary N) is 1. The molecule has 0 aliphatic rings. The van der Waals surface area contributed by atoms with Gasteiger partial charge in [-0.15, -0.1) is 0 Å². The van der Waals surface area contributed by atoms with Gasteiger partial charge in [-0.3, -0.25) is 4.79 Å². The monoisotopic (exact) mass is 359 g/mol. The van der Waals surface area contributed by atoms with Crippen molar-refractivity contribution in [2.24, 2.45) is 0 Å². The Morgan fingerprint density at radius 3 is 2.64 bits per heavy atom. The van der Waals surface area contributed by atoms with E-state index in [0.717, 1.165) is 0 Å². The fourth-order valence-corrected chi connectivity index (χ4v) is 3.71. The highest BCUT2D eigenvalue weighted by Gasteiger charge is 2.19. The number of hydrogen-bond acceptors (Lipinski definition) is 6. The van der Waals surface area contributed by atoms with Crippen LogP contribution in [-0.2, 0) is 9.84 Å². The molecule has 1 N–H and O–H groups in total. The number of hydrogen-bond donors (Lipinski definition) is 1. The van der Waals surface area contributed by atoms with Crippen molar-refractivity contribution in [3.05, 3.63) is 53.3 Å². The lowest BCUT2D eigenvalue weighted by atomic mass is 10.1. The predicted molar refractivity (Wildman–Crippen MR) is 92.1 cm³/mol. The minimum atomic E-state index is -3.44. The molecule has 0 fully saturated rings. The number of benzene rings is 1. The van der Waals surface area contributed by atoms with E-state index in [0.29, 0.717) is 28.1 Å². The molecule has 0 spiro atoms. The van der Waals surface area contributed by atoms with Gasteiger partial charge < -0.3 is 9.84 Å². The molecule has 0 unspecified atom stereocenters. The van der Waals surface area contributed by atoms with Gasteiger partial charge in [0.2, 0.25) is 0 Å². The second kappa shape index (κ2) is 6.64. The van der Waals surface area contributed by atoms with Crippen molar-refractivity contribution in [1.82, 2.24) is 15.5 Å². The van der Waals surface area contributed by atoms with E-state index >= 15 is 0 Å². The normalized spacial score (nSPS) is 11.6. The quantitative estimate of drug-likeness (QED) is 0.748. The molecule has 25 heavy (non-hydrogen) atoms. The molecule has 2 aromatic heterocycles. The van der Waals surface area contributed by atoms with E-state index in [4.69, 9.17) is 4.52 Å². The molecule has 3 aromatic rings. The van der Waals surface area contributed by atoms with Crippen molar-refractivity contribution >= 4 is 26.8 Å². The first kappa shape index (κ1) is 17.1. The Labute approximate surface area is 145 Å². The van der Waals surface area contributed by atoms with Crippen LogP contribution in [0.2, 0.25) is 0 Å². The number of aryl methyl sites for hydroxylation is 2. The zero-order valence-electron chi connectivity index (χ0n) is 13.8. The van der Waals surface area contributed by atoms with E-state index in [1.54, 1.807) is 38.1 Å². The lowest BCUT2D eigenvalue weighted by Gasteiger charge is -2.08. The molecule has 0 saturated heterocycles. The Bertz CT molecular complexity index is 1030. The summed E-state index contributed by atoms with van der Waals surface area (Å²) in [7, 11) is -3.44. The van der Waals surface area contributed by atoms with E-state index in [-0.39, 0.29) is 23.1 Å². The maximum atomic E-state index is 12.5. The first-order chi connectivity index (χ1) is 11.9. The molecule has 0 saturated carbocycles. The van der Waals surface area contributed by atoms with Crippen molar-refractivity contribution in [2.45, 2.75) is 18.7 Å². The van der Waals surface area contributed by atoms with E-state index in [1.807, 2.05) is 0 Å². The maximum Gasteiger partial charge on any atom is 0.258 e. The Morgan fingerprint density at radius 2 is 1.92 bits per heavy atom. The van der Waals surface area contributed by atoms with E-state index < -0.39 is 9.84 Å². The Balaban J connectivity index is 1.75. The summed E-state index contributed by atoms with van der Waals surface area (Å²) in [6.07, 6.45) is 0. The maximum absolute atomic E-state index is 12.5. The summed E-state index contributed by atoms with van der Waals surface area (Å²) in [5.74, 6) is -0.566. The standard InChI is InChI=1S/C17H17N3O4S/c1-11-10-14(15-12(2)20-24-17(15)19-11)16(21)18-8-9-25(22,23)13-6-4-3-5-7-13/h3-7,10H,8-9H2,1-2H3,(H,18,21). The summed E-state index contributed by atoms with van der Waals surface area (Å²) < 4.78 is 29.6. The SMILES string of the molecule is Cc1cc(C(=O)NCCS(=O)(=O)c2ccccc2)c2c(C)noc2n1. The lowest BCUT2D eigenvalue weighted by molar-refractivity contribution is 0.0957. The fraction of sp³-hybridized carbons (Fsp3) is 0.235.